The third-order valence-electron chi connectivity index (χ3n) is 9.52. The largest absolute Gasteiger partial charge is 0.453 e. The number of aromatic amines is 1. The first-order valence-electron chi connectivity index (χ1n) is 15.2. The van der Waals surface area contributed by atoms with Crippen LogP contribution >= 0.6 is 11.6 Å². The van der Waals surface area contributed by atoms with Crippen molar-refractivity contribution in [2.24, 2.45) is 23.7 Å². The second-order valence-electron chi connectivity index (χ2n) is 12.3. The fourth-order valence-corrected chi connectivity index (χ4v) is 8.25. The van der Waals surface area contributed by atoms with Crippen LogP contribution in [0.3, 0.4) is 0 Å². The number of anilines is 1. The number of carbonyl (C=O) groups excluding carboxylic acids is 2. The Balaban J connectivity index is 1.36. The molecular weight excluding hydrogens is 592 g/mol. The smallest absolute Gasteiger partial charge is 0.411 e. The Labute approximate surface area is 259 Å². The van der Waals surface area contributed by atoms with Gasteiger partial charge in [-0.15, -0.1) is 0 Å². The standard InChI is InChI=1S/C30H43ClN6O5S/c1-32-17-19-4-6-22(7-5-19)29(38)37-18-23(20-12-14-36(15-13-20)43(3,40)41)16-25(37)28-34-26(27(31)35-28)21-8-10-24(11-9-21)33-30(39)42-2/h8-11,19-20,22-23,25,32H,4-7,12-18H2,1-3H3,(H,33,39)(H,34,35)/t19?,22?,23?,25-/m0/s1. The summed E-state index contributed by atoms with van der Waals surface area (Å²) in [5.74, 6) is 2.07. The van der Waals surface area contributed by atoms with Gasteiger partial charge in [-0.2, -0.15) is 0 Å². The zero-order chi connectivity index (χ0) is 30.7. The van der Waals surface area contributed by atoms with Crippen molar-refractivity contribution < 1.29 is 22.7 Å². The lowest BCUT2D eigenvalue weighted by Crippen LogP contribution is -2.41. The minimum absolute atomic E-state index is 0.00111. The number of carbonyl (C=O) groups is 2. The van der Waals surface area contributed by atoms with Gasteiger partial charge in [-0.05, 0) is 88.4 Å². The lowest BCUT2D eigenvalue weighted by atomic mass is 9.81. The van der Waals surface area contributed by atoms with Crippen LogP contribution in [0, 0.1) is 23.7 Å². The van der Waals surface area contributed by atoms with Gasteiger partial charge in [-0.25, -0.2) is 22.5 Å². The molecule has 2 saturated heterocycles. The SMILES string of the molecule is CNCC1CCC(C(=O)N2CC(C3CCN(S(C)(=O)=O)CC3)C[C@H]2c2nc(-c3ccc(NC(=O)OC)cc3)c(Cl)[nH]2)CC1. The summed E-state index contributed by atoms with van der Waals surface area (Å²) < 4.78 is 30.4. The van der Waals surface area contributed by atoms with Crippen LogP contribution in [-0.2, 0) is 19.6 Å². The maximum atomic E-state index is 14.1. The topological polar surface area (TPSA) is 137 Å². The molecule has 236 valence electrons. The molecule has 3 fully saturated rings. The highest BCUT2D eigenvalue weighted by Crippen LogP contribution is 2.44. The van der Waals surface area contributed by atoms with E-state index in [1.807, 2.05) is 24.1 Å². The summed E-state index contributed by atoms with van der Waals surface area (Å²) in [6, 6.07) is 6.94. The van der Waals surface area contributed by atoms with Gasteiger partial charge in [0.2, 0.25) is 15.9 Å². The van der Waals surface area contributed by atoms with Crippen molar-refractivity contribution in [1.29, 1.82) is 0 Å². The quantitative estimate of drug-likeness (QED) is 0.389. The summed E-state index contributed by atoms with van der Waals surface area (Å²) in [5, 5.41) is 6.30. The van der Waals surface area contributed by atoms with Gasteiger partial charge in [0.1, 0.15) is 16.7 Å². The van der Waals surface area contributed by atoms with Gasteiger partial charge in [0.25, 0.3) is 0 Å². The van der Waals surface area contributed by atoms with Crippen LogP contribution in [0.2, 0.25) is 5.15 Å². The molecule has 3 aliphatic rings. The number of likely N-dealkylation sites (tertiary alicyclic amines) is 1. The zero-order valence-electron chi connectivity index (χ0n) is 25.1. The van der Waals surface area contributed by atoms with Crippen molar-refractivity contribution in [2.45, 2.75) is 51.0 Å². The Hall–Kier alpha value is -2.67. The maximum absolute atomic E-state index is 14.1. The molecule has 1 saturated carbocycles. The Morgan fingerprint density at radius 1 is 1.07 bits per heavy atom. The lowest BCUT2D eigenvalue weighted by Gasteiger charge is -2.34. The number of hydrogen-bond donors (Lipinski definition) is 3. The number of nitrogens with zero attached hydrogens (tertiary/aromatic N) is 3. The van der Waals surface area contributed by atoms with Gasteiger partial charge in [-0.3, -0.25) is 10.1 Å². The monoisotopic (exact) mass is 634 g/mol. The molecule has 43 heavy (non-hydrogen) atoms. The van der Waals surface area contributed by atoms with E-state index in [-0.39, 0.29) is 23.8 Å². The van der Waals surface area contributed by atoms with Gasteiger partial charge in [0.15, 0.2) is 0 Å². The normalized spacial score (nSPS) is 25.5. The maximum Gasteiger partial charge on any atom is 0.411 e. The Bertz CT molecular complexity index is 1380. The number of aromatic nitrogens is 2. The summed E-state index contributed by atoms with van der Waals surface area (Å²) in [6.45, 7) is 2.66. The molecule has 0 bridgehead atoms. The molecule has 3 N–H and O–H groups in total. The first-order valence-corrected chi connectivity index (χ1v) is 17.4. The predicted octanol–water partition coefficient (Wildman–Crippen LogP) is 4.50. The molecule has 5 rings (SSSR count). The lowest BCUT2D eigenvalue weighted by molar-refractivity contribution is -0.138. The number of hydrogen-bond acceptors (Lipinski definition) is 7. The summed E-state index contributed by atoms with van der Waals surface area (Å²) in [7, 11) is 0.0796. The summed E-state index contributed by atoms with van der Waals surface area (Å²) in [5.41, 5.74) is 1.96. The van der Waals surface area contributed by atoms with E-state index in [1.54, 1.807) is 16.4 Å². The number of H-pyrrole nitrogens is 1. The molecule has 0 spiro atoms. The second-order valence-corrected chi connectivity index (χ2v) is 14.6. The molecule has 11 nitrogen and oxygen atoms in total. The highest BCUT2D eigenvalue weighted by molar-refractivity contribution is 7.88. The molecule has 0 radical (unpaired) electrons. The van der Waals surface area contributed by atoms with Crippen molar-refractivity contribution in [2.75, 3.05) is 51.9 Å². The molecule has 13 heteroatoms. The van der Waals surface area contributed by atoms with Crippen LogP contribution in [0.25, 0.3) is 11.3 Å². The van der Waals surface area contributed by atoms with E-state index in [0.717, 1.165) is 57.1 Å². The fourth-order valence-electron chi connectivity index (χ4n) is 7.13. The van der Waals surface area contributed by atoms with Gasteiger partial charge < -0.3 is 19.9 Å². The number of methoxy groups -OCH3 is 1. The number of halogens is 1. The molecule has 2 atom stereocenters. The molecule has 1 aromatic carbocycles. The number of amides is 2. The second kappa shape index (κ2) is 13.5. The van der Waals surface area contributed by atoms with Crippen LogP contribution in [0.5, 0.6) is 0 Å². The average Bonchev–Trinajstić information content (AvgIpc) is 3.61. The number of ether oxygens (including phenoxy) is 1. The van der Waals surface area contributed by atoms with Crippen molar-refractivity contribution in [3.63, 3.8) is 0 Å². The van der Waals surface area contributed by atoms with Crippen LogP contribution in [-0.4, -0.2) is 86.2 Å². The summed E-state index contributed by atoms with van der Waals surface area (Å²) in [4.78, 5) is 35.8. The number of nitrogens with one attached hydrogen (secondary N) is 3. The van der Waals surface area contributed by atoms with E-state index in [4.69, 9.17) is 16.6 Å². The highest BCUT2D eigenvalue weighted by Gasteiger charge is 2.44. The summed E-state index contributed by atoms with van der Waals surface area (Å²) in [6.07, 6.45) is 6.92. The van der Waals surface area contributed by atoms with E-state index >= 15 is 0 Å². The van der Waals surface area contributed by atoms with Crippen molar-refractivity contribution >= 4 is 39.3 Å². The average molecular weight is 635 g/mol. The van der Waals surface area contributed by atoms with Gasteiger partial charge >= 0.3 is 6.09 Å². The van der Waals surface area contributed by atoms with Crippen molar-refractivity contribution in [1.82, 2.24) is 24.5 Å². The molecule has 2 amide bonds. The minimum atomic E-state index is -3.20. The van der Waals surface area contributed by atoms with Gasteiger partial charge in [0.05, 0.1) is 19.4 Å². The summed E-state index contributed by atoms with van der Waals surface area (Å²) >= 11 is 6.69. The number of benzene rings is 1. The van der Waals surface area contributed by atoms with Crippen LogP contribution in [0.15, 0.2) is 24.3 Å². The van der Waals surface area contributed by atoms with E-state index < -0.39 is 16.1 Å². The van der Waals surface area contributed by atoms with E-state index in [9.17, 15) is 18.0 Å². The molecule has 2 aromatic rings. The Morgan fingerprint density at radius 3 is 2.35 bits per heavy atom. The van der Waals surface area contributed by atoms with Crippen LogP contribution < -0.4 is 10.6 Å². The highest BCUT2D eigenvalue weighted by atomic mass is 35.5. The van der Waals surface area contributed by atoms with E-state index in [0.29, 0.717) is 53.8 Å². The molecular formula is C30H43ClN6O5S. The van der Waals surface area contributed by atoms with Crippen LogP contribution in [0.1, 0.15) is 56.8 Å². The first-order chi connectivity index (χ1) is 20.6. The third-order valence-corrected chi connectivity index (χ3v) is 11.1. The Kier molecular flexibility index (Phi) is 10.00. The van der Waals surface area contributed by atoms with E-state index in [2.05, 4.69) is 20.4 Å². The molecule has 1 aliphatic carbocycles. The fraction of sp³-hybridized carbons (Fsp3) is 0.633. The number of imidazole rings is 1. The first kappa shape index (κ1) is 31.7. The van der Waals surface area contributed by atoms with Crippen molar-refractivity contribution in [3.8, 4) is 11.3 Å². The predicted molar refractivity (Wildman–Crippen MR) is 166 cm³/mol. The number of rotatable bonds is 8. The molecule has 1 aromatic heterocycles. The van der Waals surface area contributed by atoms with Gasteiger partial charge in [0, 0.05) is 36.8 Å². The molecule has 2 aliphatic heterocycles. The third kappa shape index (κ3) is 7.35. The Morgan fingerprint density at radius 2 is 1.74 bits per heavy atom. The molecule has 3 heterocycles. The number of piperidine rings is 1. The van der Waals surface area contributed by atoms with Gasteiger partial charge in [-0.1, -0.05) is 23.7 Å². The number of sulfonamides is 1. The minimum Gasteiger partial charge on any atom is -0.453 e. The van der Waals surface area contributed by atoms with Crippen LogP contribution in [0.4, 0.5) is 10.5 Å². The van der Waals surface area contributed by atoms with E-state index in [1.165, 1.54) is 13.4 Å². The zero-order valence-corrected chi connectivity index (χ0v) is 26.7. The molecule has 1 unspecified atom stereocenters. The van der Waals surface area contributed by atoms with Crippen molar-refractivity contribution in [3.05, 3.63) is 35.2 Å².